The molecule has 0 bridgehead atoms. The molecule has 1 aliphatic heterocycles. The number of aromatic nitrogens is 1. The number of rotatable bonds is 3. The molecule has 2 heterocycles. The quantitative estimate of drug-likeness (QED) is 0.597. The molecule has 110 valence electrons. The van der Waals surface area contributed by atoms with E-state index in [4.69, 9.17) is 5.41 Å². The lowest BCUT2D eigenvalue weighted by molar-refractivity contribution is 1.01. The first-order valence-electron chi connectivity index (χ1n) is 6.98. The lowest BCUT2D eigenvalue weighted by Crippen LogP contribution is -1.95. The summed E-state index contributed by atoms with van der Waals surface area (Å²) in [6, 6.07) is 4.06. The molecule has 1 aliphatic rings. The molecule has 0 atom stereocenters. The van der Waals surface area contributed by atoms with Crippen molar-refractivity contribution in [3.8, 4) is 0 Å². The zero-order valence-corrected chi connectivity index (χ0v) is 14.1. The van der Waals surface area contributed by atoms with E-state index < -0.39 is 0 Å². The summed E-state index contributed by atoms with van der Waals surface area (Å²) in [5, 5.41) is 7.60. The van der Waals surface area contributed by atoms with E-state index in [1.165, 1.54) is 27.2 Å². The number of allylic oxidation sites excluding steroid dienone is 5. The Bertz CT molecular complexity index is 613. The van der Waals surface area contributed by atoms with E-state index in [9.17, 15) is 0 Å². The Morgan fingerprint density at radius 1 is 1.43 bits per heavy atom. The molecule has 4 heteroatoms. The molecule has 0 unspecified atom stereocenters. The molecule has 0 saturated heterocycles. The van der Waals surface area contributed by atoms with Gasteiger partial charge in [-0.2, -0.15) is 0 Å². The lowest BCUT2D eigenvalue weighted by Gasteiger charge is -2.13. The van der Waals surface area contributed by atoms with Crippen molar-refractivity contribution < 1.29 is 0 Å². The predicted molar refractivity (Wildman–Crippen MR) is 96.0 cm³/mol. The monoisotopic (exact) mass is 316 g/mol. The van der Waals surface area contributed by atoms with E-state index in [-0.39, 0.29) is 0 Å². The summed E-state index contributed by atoms with van der Waals surface area (Å²) in [5.41, 5.74) is 3.37. The third-order valence-electron chi connectivity index (χ3n) is 3.47. The highest BCUT2D eigenvalue weighted by Gasteiger charge is 2.13. The van der Waals surface area contributed by atoms with Gasteiger partial charge in [-0.25, -0.2) is 0 Å². The Kier molecular flexibility index (Phi) is 5.88. The zero-order chi connectivity index (χ0) is 15.2. The van der Waals surface area contributed by atoms with Crippen LogP contribution < -0.4 is 0 Å². The van der Waals surface area contributed by atoms with Gasteiger partial charge in [0.2, 0.25) is 0 Å². The highest BCUT2D eigenvalue weighted by molar-refractivity contribution is 8.06. The average Bonchev–Trinajstić information content (AvgIpc) is 2.54. The topological polar surface area (TPSA) is 36.7 Å². The number of nitrogens with zero attached hydrogens (tertiary/aromatic N) is 1. The van der Waals surface area contributed by atoms with Gasteiger partial charge in [-0.05, 0) is 59.3 Å². The predicted octanol–water partition coefficient (Wildman–Crippen LogP) is 5.16. The van der Waals surface area contributed by atoms with Crippen LogP contribution >= 0.6 is 24.4 Å². The number of thiol groups is 1. The van der Waals surface area contributed by atoms with Crippen LogP contribution in [0.15, 0.2) is 56.5 Å². The van der Waals surface area contributed by atoms with Crippen molar-refractivity contribution in [1.82, 2.24) is 4.98 Å². The van der Waals surface area contributed by atoms with Gasteiger partial charge >= 0.3 is 0 Å². The van der Waals surface area contributed by atoms with Gasteiger partial charge in [-0.1, -0.05) is 23.9 Å². The molecule has 0 amide bonds. The molecule has 0 spiro atoms. The second-order valence-electron chi connectivity index (χ2n) is 5.06. The first-order valence-corrected chi connectivity index (χ1v) is 8.24. The zero-order valence-electron chi connectivity index (χ0n) is 12.4. The van der Waals surface area contributed by atoms with Crippen LogP contribution in [0.25, 0.3) is 0 Å². The van der Waals surface area contributed by atoms with Crippen LogP contribution in [0, 0.1) is 5.41 Å². The molecule has 0 radical (unpaired) electrons. The van der Waals surface area contributed by atoms with Crippen LogP contribution in [0.4, 0.5) is 0 Å². The summed E-state index contributed by atoms with van der Waals surface area (Å²) >= 11 is 6.48. The van der Waals surface area contributed by atoms with Gasteiger partial charge < -0.3 is 5.41 Å². The molecule has 21 heavy (non-hydrogen) atoms. The van der Waals surface area contributed by atoms with Gasteiger partial charge in [-0.3, -0.25) is 4.98 Å². The van der Waals surface area contributed by atoms with Gasteiger partial charge in [0, 0.05) is 29.9 Å². The van der Waals surface area contributed by atoms with Gasteiger partial charge in [0.15, 0.2) is 0 Å². The molecule has 2 nitrogen and oxygen atoms in total. The molecule has 1 aromatic heterocycles. The van der Waals surface area contributed by atoms with E-state index in [1.807, 2.05) is 24.0 Å². The Morgan fingerprint density at radius 2 is 2.24 bits per heavy atom. The molecule has 1 aromatic rings. The van der Waals surface area contributed by atoms with E-state index in [1.54, 1.807) is 6.20 Å². The fourth-order valence-corrected chi connectivity index (χ4v) is 3.70. The molecule has 0 aliphatic carbocycles. The summed E-state index contributed by atoms with van der Waals surface area (Å²) in [6.45, 7) is 4.25. The molecule has 0 saturated carbocycles. The molecular formula is C17H20N2S2. The van der Waals surface area contributed by atoms with Crippen LogP contribution in [0.3, 0.4) is 0 Å². The fourth-order valence-electron chi connectivity index (χ4n) is 2.23. The Morgan fingerprint density at radius 3 is 2.90 bits per heavy atom. The third-order valence-corrected chi connectivity index (χ3v) is 5.28. The van der Waals surface area contributed by atoms with Crippen molar-refractivity contribution in [1.29, 1.82) is 5.41 Å². The Hall–Kier alpha value is -1.26. The minimum atomic E-state index is 0.852. The van der Waals surface area contributed by atoms with E-state index >= 15 is 0 Å². The largest absolute Gasteiger partial charge is 0.308 e. The molecular weight excluding hydrogens is 296 g/mol. The highest BCUT2D eigenvalue weighted by Crippen LogP contribution is 2.36. The third kappa shape index (κ3) is 4.35. The van der Waals surface area contributed by atoms with E-state index in [2.05, 4.69) is 43.6 Å². The van der Waals surface area contributed by atoms with Crippen molar-refractivity contribution in [3.05, 3.63) is 62.0 Å². The van der Waals surface area contributed by atoms with Crippen LogP contribution in [0.2, 0.25) is 0 Å². The van der Waals surface area contributed by atoms with Gasteiger partial charge in [0.1, 0.15) is 0 Å². The van der Waals surface area contributed by atoms with Crippen molar-refractivity contribution in [2.45, 2.75) is 33.1 Å². The SMILES string of the molecule is C/C1=C\CC/C(C=N)=C(S)\C(C)=C(/Cc2cccnc2)S1. The number of nitrogens with one attached hydrogen (secondary N) is 1. The van der Waals surface area contributed by atoms with E-state index in [0.717, 1.165) is 29.7 Å². The van der Waals surface area contributed by atoms with Crippen LogP contribution in [-0.4, -0.2) is 11.2 Å². The van der Waals surface area contributed by atoms with Crippen molar-refractivity contribution >= 4 is 30.6 Å². The Balaban J connectivity index is 2.43. The smallest absolute Gasteiger partial charge is 0.0303 e. The number of hydrogen-bond acceptors (Lipinski definition) is 4. The summed E-state index contributed by atoms with van der Waals surface area (Å²) in [5.74, 6) is 0. The summed E-state index contributed by atoms with van der Waals surface area (Å²) < 4.78 is 0. The second kappa shape index (κ2) is 7.66. The summed E-state index contributed by atoms with van der Waals surface area (Å²) in [4.78, 5) is 7.72. The molecule has 2 rings (SSSR count). The molecule has 0 aromatic carbocycles. The normalized spacial score (nSPS) is 26.3. The van der Waals surface area contributed by atoms with Crippen LogP contribution in [-0.2, 0) is 6.42 Å². The Labute approximate surface area is 136 Å². The van der Waals surface area contributed by atoms with Crippen molar-refractivity contribution in [2.75, 3.05) is 0 Å². The van der Waals surface area contributed by atoms with Crippen LogP contribution in [0.1, 0.15) is 32.3 Å². The van der Waals surface area contributed by atoms with Gasteiger partial charge in [-0.15, -0.1) is 12.6 Å². The van der Waals surface area contributed by atoms with Gasteiger partial charge in [0.25, 0.3) is 0 Å². The van der Waals surface area contributed by atoms with Crippen molar-refractivity contribution in [3.63, 3.8) is 0 Å². The fraction of sp³-hybridized carbons (Fsp3) is 0.294. The summed E-state index contributed by atoms with van der Waals surface area (Å²) in [7, 11) is 0. The van der Waals surface area contributed by atoms with Crippen molar-refractivity contribution in [2.24, 2.45) is 0 Å². The first kappa shape index (κ1) is 16.1. The van der Waals surface area contributed by atoms with Gasteiger partial charge in [0.05, 0.1) is 0 Å². The minimum Gasteiger partial charge on any atom is -0.308 e. The number of thioether (sulfide) groups is 1. The standard InChI is InChI=1S/C17H20N2S2/c1-12-5-3-7-15(10-18)17(20)13(2)16(21-12)9-14-6-4-8-19-11-14/h4-6,8,10-11,18,20H,3,7,9H2,1-2H3/b12-5+,16-13+,17-15-,18-10?. The number of pyridine rings is 1. The number of hydrogen-bond donors (Lipinski definition) is 2. The van der Waals surface area contributed by atoms with Crippen LogP contribution in [0.5, 0.6) is 0 Å². The summed E-state index contributed by atoms with van der Waals surface area (Å²) in [6.07, 6.45) is 10.1. The minimum absolute atomic E-state index is 0.852. The average molecular weight is 316 g/mol. The maximum Gasteiger partial charge on any atom is 0.0303 e. The lowest BCUT2D eigenvalue weighted by atomic mass is 10.1. The second-order valence-corrected chi connectivity index (χ2v) is 6.85. The molecule has 0 fully saturated rings. The maximum atomic E-state index is 7.60. The maximum absolute atomic E-state index is 7.60. The first-order chi connectivity index (χ1) is 10.1. The van der Waals surface area contributed by atoms with E-state index in [0.29, 0.717) is 0 Å². The molecule has 1 N–H and O–H groups in total. The highest BCUT2D eigenvalue weighted by atomic mass is 32.2.